The number of carbonyl (C=O) groups excluding carboxylic acids is 2. The summed E-state index contributed by atoms with van der Waals surface area (Å²) in [5.41, 5.74) is 2.88. The molecule has 1 fully saturated rings. The molecule has 0 bridgehead atoms. The van der Waals surface area contributed by atoms with Crippen molar-refractivity contribution in [3.05, 3.63) is 63.6 Å². The van der Waals surface area contributed by atoms with Crippen LogP contribution in [0.4, 0.5) is 5.69 Å². The average molecular weight is 594 g/mol. The van der Waals surface area contributed by atoms with Gasteiger partial charge in [0, 0.05) is 31.2 Å². The van der Waals surface area contributed by atoms with Crippen molar-refractivity contribution in [1.29, 1.82) is 0 Å². The molecule has 10 heteroatoms. The number of carbonyl (C=O) groups is 2. The Labute approximate surface area is 229 Å². The lowest BCUT2D eigenvalue weighted by Crippen LogP contribution is -2.53. The number of amides is 2. The van der Waals surface area contributed by atoms with Crippen LogP contribution in [0.25, 0.3) is 0 Å². The Hall–Kier alpha value is -2.43. The lowest BCUT2D eigenvalue weighted by molar-refractivity contribution is -0.139. The minimum atomic E-state index is -3.99. The Bertz CT molecular complexity index is 1230. The number of anilines is 1. The molecule has 1 unspecified atom stereocenters. The highest BCUT2D eigenvalue weighted by atomic mass is 79.9. The second-order valence-electron chi connectivity index (χ2n) is 9.90. The fourth-order valence-corrected chi connectivity index (χ4v) is 6.06. The summed E-state index contributed by atoms with van der Waals surface area (Å²) in [6, 6.07) is 12.3. The van der Waals surface area contributed by atoms with Gasteiger partial charge in [0.1, 0.15) is 12.6 Å². The predicted octanol–water partition coefficient (Wildman–Crippen LogP) is 4.15. The summed E-state index contributed by atoms with van der Waals surface area (Å²) in [5, 5.41) is 3.08. The minimum absolute atomic E-state index is 0.110. The Kier molecular flexibility index (Phi) is 9.77. The van der Waals surface area contributed by atoms with E-state index in [1.807, 2.05) is 50.2 Å². The first kappa shape index (κ1) is 29.1. The monoisotopic (exact) mass is 592 g/mol. The van der Waals surface area contributed by atoms with E-state index in [2.05, 4.69) is 21.2 Å². The van der Waals surface area contributed by atoms with Crippen LogP contribution in [0.15, 0.2) is 46.9 Å². The third kappa shape index (κ3) is 7.33. The molecule has 2 aromatic rings. The van der Waals surface area contributed by atoms with Crippen molar-refractivity contribution < 1.29 is 18.0 Å². The summed E-state index contributed by atoms with van der Waals surface area (Å²) < 4.78 is 29.9. The van der Waals surface area contributed by atoms with Gasteiger partial charge in [-0.15, -0.1) is 0 Å². The molecule has 2 amide bonds. The summed E-state index contributed by atoms with van der Waals surface area (Å²) in [6.45, 7) is 5.12. The number of halogens is 1. The zero-order valence-corrected chi connectivity index (χ0v) is 24.6. The number of aryl methyl sites for hydroxylation is 2. The average Bonchev–Trinajstić information content (AvgIpc) is 3.35. The molecule has 0 saturated heterocycles. The third-order valence-corrected chi connectivity index (χ3v) is 9.06. The molecule has 1 atom stereocenters. The van der Waals surface area contributed by atoms with Gasteiger partial charge in [-0.3, -0.25) is 9.59 Å². The number of nitrogens with zero attached hydrogens (tertiary/aromatic N) is 3. The van der Waals surface area contributed by atoms with Gasteiger partial charge in [-0.2, -0.15) is 12.7 Å². The summed E-state index contributed by atoms with van der Waals surface area (Å²) in [6.07, 6.45) is 4.01. The molecule has 1 aliphatic carbocycles. The van der Waals surface area contributed by atoms with Crippen LogP contribution in [-0.2, 0) is 26.3 Å². The van der Waals surface area contributed by atoms with Gasteiger partial charge in [-0.1, -0.05) is 53.0 Å². The first-order valence-corrected chi connectivity index (χ1v) is 14.7. The maximum atomic E-state index is 13.9. The molecule has 0 heterocycles. The molecular formula is C27H37BrN4O4S. The molecule has 0 radical (unpaired) electrons. The van der Waals surface area contributed by atoms with Gasteiger partial charge < -0.3 is 10.2 Å². The van der Waals surface area contributed by atoms with E-state index in [0.717, 1.165) is 55.5 Å². The molecule has 1 aliphatic rings. The quantitative estimate of drug-likeness (QED) is 0.448. The molecule has 2 aromatic carbocycles. The Morgan fingerprint density at radius 3 is 2.38 bits per heavy atom. The molecule has 1 N–H and O–H groups in total. The number of rotatable bonds is 10. The van der Waals surface area contributed by atoms with Crippen molar-refractivity contribution >= 4 is 43.6 Å². The van der Waals surface area contributed by atoms with E-state index in [0.29, 0.717) is 5.69 Å². The van der Waals surface area contributed by atoms with E-state index >= 15 is 0 Å². The summed E-state index contributed by atoms with van der Waals surface area (Å²) in [5.74, 6) is -0.690. The second kappa shape index (κ2) is 12.4. The fourth-order valence-electron chi connectivity index (χ4n) is 4.50. The largest absolute Gasteiger partial charge is 0.352 e. The molecule has 3 rings (SSSR count). The Balaban J connectivity index is 1.96. The van der Waals surface area contributed by atoms with E-state index in [1.54, 1.807) is 13.0 Å². The van der Waals surface area contributed by atoms with E-state index < -0.39 is 28.7 Å². The van der Waals surface area contributed by atoms with Crippen molar-refractivity contribution in [2.24, 2.45) is 0 Å². The molecule has 0 aliphatic heterocycles. The van der Waals surface area contributed by atoms with Gasteiger partial charge in [0.25, 0.3) is 0 Å². The zero-order valence-electron chi connectivity index (χ0n) is 22.2. The van der Waals surface area contributed by atoms with Gasteiger partial charge in [-0.25, -0.2) is 4.31 Å². The first-order valence-electron chi connectivity index (χ1n) is 12.5. The van der Waals surface area contributed by atoms with Crippen LogP contribution in [0.2, 0.25) is 0 Å². The van der Waals surface area contributed by atoms with Crippen LogP contribution in [0.3, 0.4) is 0 Å². The van der Waals surface area contributed by atoms with Crippen molar-refractivity contribution in [3.63, 3.8) is 0 Å². The topological polar surface area (TPSA) is 90.0 Å². The van der Waals surface area contributed by atoms with E-state index in [4.69, 9.17) is 0 Å². The number of hydrogen-bond acceptors (Lipinski definition) is 4. The van der Waals surface area contributed by atoms with Crippen molar-refractivity contribution in [2.45, 2.75) is 65.1 Å². The molecule has 202 valence electrons. The third-order valence-electron chi connectivity index (χ3n) is 6.76. The Morgan fingerprint density at radius 2 is 1.76 bits per heavy atom. The molecule has 37 heavy (non-hydrogen) atoms. The number of nitrogens with one attached hydrogen (secondary N) is 1. The zero-order chi connectivity index (χ0) is 27.3. The smallest absolute Gasteiger partial charge is 0.304 e. The van der Waals surface area contributed by atoms with Crippen LogP contribution in [0.5, 0.6) is 0 Å². The molecule has 1 saturated carbocycles. The van der Waals surface area contributed by atoms with Crippen LogP contribution in [0.1, 0.15) is 49.3 Å². The van der Waals surface area contributed by atoms with E-state index in [-0.39, 0.29) is 18.5 Å². The normalized spacial score (nSPS) is 15.0. The number of benzene rings is 2. The van der Waals surface area contributed by atoms with Crippen LogP contribution in [-0.4, -0.2) is 62.2 Å². The van der Waals surface area contributed by atoms with Gasteiger partial charge in [0.05, 0.1) is 5.69 Å². The minimum Gasteiger partial charge on any atom is -0.352 e. The van der Waals surface area contributed by atoms with Crippen LogP contribution < -0.4 is 9.62 Å². The van der Waals surface area contributed by atoms with Gasteiger partial charge in [-0.05, 0) is 68.5 Å². The summed E-state index contributed by atoms with van der Waals surface area (Å²) in [7, 11) is -1.11. The summed E-state index contributed by atoms with van der Waals surface area (Å²) in [4.78, 5) is 28.5. The fraction of sp³-hybridized carbons (Fsp3) is 0.481. The van der Waals surface area contributed by atoms with Crippen molar-refractivity contribution in [3.8, 4) is 0 Å². The molecule has 0 aromatic heterocycles. The van der Waals surface area contributed by atoms with Crippen molar-refractivity contribution in [2.75, 3.05) is 24.9 Å². The van der Waals surface area contributed by atoms with Crippen LogP contribution in [0, 0.1) is 13.8 Å². The van der Waals surface area contributed by atoms with Gasteiger partial charge >= 0.3 is 10.2 Å². The lowest BCUT2D eigenvalue weighted by Gasteiger charge is -2.33. The van der Waals surface area contributed by atoms with E-state index in [9.17, 15) is 18.0 Å². The lowest BCUT2D eigenvalue weighted by atomic mass is 10.1. The van der Waals surface area contributed by atoms with E-state index in [1.165, 1.54) is 19.0 Å². The van der Waals surface area contributed by atoms with Crippen molar-refractivity contribution in [1.82, 2.24) is 14.5 Å². The van der Waals surface area contributed by atoms with Gasteiger partial charge in [0.15, 0.2) is 0 Å². The summed E-state index contributed by atoms with van der Waals surface area (Å²) >= 11 is 3.47. The maximum Gasteiger partial charge on any atom is 0.304 e. The van der Waals surface area contributed by atoms with Gasteiger partial charge in [0.2, 0.25) is 11.8 Å². The van der Waals surface area contributed by atoms with Crippen LogP contribution >= 0.6 is 15.9 Å². The first-order chi connectivity index (χ1) is 17.4. The Morgan fingerprint density at radius 1 is 1.08 bits per heavy atom. The predicted molar refractivity (Wildman–Crippen MR) is 150 cm³/mol. The highest BCUT2D eigenvalue weighted by Gasteiger charge is 2.34. The molecule has 0 spiro atoms. The molecular weight excluding hydrogens is 556 g/mol. The SMILES string of the molecule is Cc1ccc(C)c(N(CC(=O)N(Cc2cccc(Br)c2)C(C)C(=O)NC2CCCC2)S(=O)(=O)N(C)C)c1. The highest BCUT2D eigenvalue weighted by molar-refractivity contribution is 9.10. The highest BCUT2D eigenvalue weighted by Crippen LogP contribution is 2.26. The second-order valence-corrected chi connectivity index (χ2v) is 12.9. The standard InChI is InChI=1S/C27H37BrN4O4S/c1-19-13-14-20(2)25(15-19)32(37(35,36)30(4)5)18-26(33)31(17-22-9-8-10-23(28)16-22)21(3)27(34)29-24-11-6-7-12-24/h8-10,13-16,21,24H,6-7,11-12,17-18H2,1-5H3,(H,29,34). The number of hydrogen-bond donors (Lipinski definition) is 1. The maximum absolute atomic E-state index is 13.9. The molecule has 8 nitrogen and oxygen atoms in total.